The van der Waals surface area contributed by atoms with Crippen molar-refractivity contribution in [2.45, 2.75) is 20.8 Å². The third-order valence-electron chi connectivity index (χ3n) is 2.44. The summed E-state index contributed by atoms with van der Waals surface area (Å²) in [5.74, 6) is -0.0583. The number of esters is 1. The van der Waals surface area contributed by atoms with Gasteiger partial charge in [-0.05, 0) is 13.8 Å². The van der Waals surface area contributed by atoms with Gasteiger partial charge in [0.1, 0.15) is 0 Å². The molecule has 0 bridgehead atoms. The largest absolute Gasteiger partial charge is 0.466 e. The average molecular weight is 266 g/mol. The summed E-state index contributed by atoms with van der Waals surface area (Å²) >= 11 is 1.16. The van der Waals surface area contributed by atoms with Crippen molar-refractivity contribution in [3.8, 4) is 0 Å². The van der Waals surface area contributed by atoms with Gasteiger partial charge >= 0.3 is 5.97 Å². The molecule has 0 radical (unpaired) electrons. The summed E-state index contributed by atoms with van der Waals surface area (Å²) in [5.41, 5.74) is 1.79. The number of aryl methyl sites for hydroxylation is 1. The van der Waals surface area contributed by atoms with Crippen LogP contribution in [0, 0.1) is 12.8 Å². The van der Waals surface area contributed by atoms with Crippen LogP contribution < -0.4 is 0 Å². The smallest absolute Gasteiger partial charge is 0.309 e. The maximum absolute atomic E-state index is 11.9. The lowest BCUT2D eigenvalue weighted by atomic mass is 10.2. The zero-order valence-corrected chi connectivity index (χ0v) is 11.8. The molecule has 0 saturated heterocycles. The van der Waals surface area contributed by atoms with Crippen LogP contribution in [-0.4, -0.2) is 23.4 Å². The first-order chi connectivity index (χ1) is 8.54. The number of rotatable bonds is 5. The number of carbonyl (C=O) groups excluding carboxylic acids is 2. The Balaban J connectivity index is 2.46. The summed E-state index contributed by atoms with van der Waals surface area (Å²) in [6.07, 6.45) is 0. The van der Waals surface area contributed by atoms with Gasteiger partial charge in [-0.15, -0.1) is 0 Å². The van der Waals surface area contributed by atoms with Gasteiger partial charge in [0.15, 0.2) is 0 Å². The minimum absolute atomic E-state index is 0.00820. The van der Waals surface area contributed by atoms with Crippen molar-refractivity contribution in [1.82, 2.24) is 0 Å². The van der Waals surface area contributed by atoms with Gasteiger partial charge in [-0.2, -0.15) is 0 Å². The molecule has 1 unspecified atom stereocenters. The molecule has 0 heterocycles. The SMILES string of the molecule is CCOC(=O)C(C)CSC(=O)c1ccc(C)cc1. The van der Waals surface area contributed by atoms with Crippen molar-refractivity contribution in [3.05, 3.63) is 35.4 Å². The van der Waals surface area contributed by atoms with E-state index >= 15 is 0 Å². The van der Waals surface area contributed by atoms with E-state index in [9.17, 15) is 9.59 Å². The molecule has 18 heavy (non-hydrogen) atoms. The maximum Gasteiger partial charge on any atom is 0.309 e. The van der Waals surface area contributed by atoms with Crippen LogP contribution in [0.15, 0.2) is 24.3 Å². The topological polar surface area (TPSA) is 43.4 Å². The Bertz CT molecular complexity index is 412. The molecule has 1 atom stereocenters. The molecule has 0 aliphatic heterocycles. The van der Waals surface area contributed by atoms with E-state index in [1.165, 1.54) is 0 Å². The van der Waals surface area contributed by atoms with Crippen molar-refractivity contribution >= 4 is 22.8 Å². The number of carbonyl (C=O) groups is 2. The van der Waals surface area contributed by atoms with Crippen molar-refractivity contribution < 1.29 is 14.3 Å². The Morgan fingerprint density at radius 3 is 2.44 bits per heavy atom. The zero-order chi connectivity index (χ0) is 13.5. The normalized spacial score (nSPS) is 11.9. The summed E-state index contributed by atoms with van der Waals surface area (Å²) in [4.78, 5) is 23.2. The molecule has 0 fully saturated rings. The third-order valence-corrected chi connectivity index (χ3v) is 3.61. The van der Waals surface area contributed by atoms with Crippen LogP contribution in [0.2, 0.25) is 0 Å². The molecule has 1 aromatic rings. The van der Waals surface area contributed by atoms with Gasteiger partial charge in [0.25, 0.3) is 0 Å². The van der Waals surface area contributed by atoms with Crippen molar-refractivity contribution in [1.29, 1.82) is 0 Å². The minimum Gasteiger partial charge on any atom is -0.466 e. The summed E-state index contributed by atoms with van der Waals surface area (Å²) in [6.45, 7) is 5.90. The first-order valence-electron chi connectivity index (χ1n) is 5.95. The van der Waals surface area contributed by atoms with Crippen molar-refractivity contribution in [2.24, 2.45) is 5.92 Å². The van der Waals surface area contributed by atoms with Crippen molar-refractivity contribution in [2.75, 3.05) is 12.4 Å². The quantitative estimate of drug-likeness (QED) is 0.768. The van der Waals surface area contributed by atoms with Gasteiger partial charge in [0.05, 0.1) is 12.5 Å². The number of benzene rings is 1. The van der Waals surface area contributed by atoms with Crippen LogP contribution in [0.5, 0.6) is 0 Å². The van der Waals surface area contributed by atoms with Gasteiger partial charge in [-0.1, -0.05) is 48.5 Å². The van der Waals surface area contributed by atoms with Gasteiger partial charge in [0, 0.05) is 11.3 Å². The number of hydrogen-bond acceptors (Lipinski definition) is 4. The van der Waals surface area contributed by atoms with E-state index in [1.807, 2.05) is 19.1 Å². The van der Waals surface area contributed by atoms with E-state index in [2.05, 4.69) is 0 Å². The molecule has 0 saturated carbocycles. The monoisotopic (exact) mass is 266 g/mol. The first kappa shape index (κ1) is 14.8. The molecule has 0 aliphatic rings. The van der Waals surface area contributed by atoms with Gasteiger partial charge in [0.2, 0.25) is 5.12 Å². The predicted octanol–water partition coefficient (Wildman–Crippen LogP) is 3.07. The second kappa shape index (κ2) is 7.21. The molecule has 0 aromatic heterocycles. The lowest BCUT2D eigenvalue weighted by Gasteiger charge is -2.09. The highest BCUT2D eigenvalue weighted by Crippen LogP contribution is 2.17. The van der Waals surface area contributed by atoms with E-state index < -0.39 is 0 Å². The van der Waals surface area contributed by atoms with Gasteiger partial charge in [-0.25, -0.2) is 0 Å². The first-order valence-corrected chi connectivity index (χ1v) is 6.93. The number of thioether (sulfide) groups is 1. The van der Waals surface area contributed by atoms with Crippen LogP contribution in [0.1, 0.15) is 29.8 Å². The fourth-order valence-corrected chi connectivity index (χ4v) is 2.17. The lowest BCUT2D eigenvalue weighted by Crippen LogP contribution is -2.17. The molecule has 0 amide bonds. The fourth-order valence-electron chi connectivity index (χ4n) is 1.33. The molecule has 98 valence electrons. The number of hydrogen-bond donors (Lipinski definition) is 0. The molecular formula is C14H18O3S. The summed E-state index contributed by atoms with van der Waals surface area (Å²) in [5, 5.41) is -0.00820. The Morgan fingerprint density at radius 2 is 1.89 bits per heavy atom. The second-order valence-electron chi connectivity index (χ2n) is 4.12. The summed E-state index contributed by atoms with van der Waals surface area (Å²) in [7, 11) is 0. The highest BCUT2D eigenvalue weighted by atomic mass is 32.2. The molecule has 0 spiro atoms. The van der Waals surface area contributed by atoms with E-state index in [1.54, 1.807) is 26.0 Å². The van der Waals surface area contributed by atoms with E-state index in [0.717, 1.165) is 17.3 Å². The van der Waals surface area contributed by atoms with E-state index in [4.69, 9.17) is 4.74 Å². The number of ether oxygens (including phenoxy) is 1. The minimum atomic E-state index is -0.260. The van der Waals surface area contributed by atoms with Crippen LogP contribution in [0.25, 0.3) is 0 Å². The molecule has 0 aliphatic carbocycles. The van der Waals surface area contributed by atoms with Crippen LogP contribution in [-0.2, 0) is 9.53 Å². The fraction of sp³-hybridized carbons (Fsp3) is 0.429. The molecule has 4 heteroatoms. The second-order valence-corrected chi connectivity index (χ2v) is 5.11. The Kier molecular flexibility index (Phi) is 5.92. The van der Waals surface area contributed by atoms with Gasteiger partial charge in [-0.3, -0.25) is 9.59 Å². The van der Waals surface area contributed by atoms with Crippen LogP contribution in [0.4, 0.5) is 0 Å². The maximum atomic E-state index is 11.9. The Labute approximate surface area is 112 Å². The Hall–Kier alpha value is -1.29. The van der Waals surface area contributed by atoms with Crippen LogP contribution >= 0.6 is 11.8 Å². The predicted molar refractivity (Wildman–Crippen MR) is 73.8 cm³/mol. The molecule has 0 N–H and O–H groups in total. The van der Waals surface area contributed by atoms with E-state index in [0.29, 0.717) is 17.9 Å². The summed E-state index contributed by atoms with van der Waals surface area (Å²) in [6, 6.07) is 7.42. The van der Waals surface area contributed by atoms with Crippen molar-refractivity contribution in [3.63, 3.8) is 0 Å². The van der Waals surface area contributed by atoms with Gasteiger partial charge < -0.3 is 4.74 Å². The highest BCUT2D eigenvalue weighted by Gasteiger charge is 2.16. The zero-order valence-electron chi connectivity index (χ0n) is 10.9. The molecule has 1 rings (SSSR count). The third kappa shape index (κ3) is 4.53. The standard InChI is InChI=1S/C14H18O3S/c1-4-17-13(15)11(3)9-18-14(16)12-7-5-10(2)6-8-12/h5-8,11H,4,9H2,1-3H3. The van der Waals surface area contributed by atoms with Crippen LogP contribution in [0.3, 0.4) is 0 Å². The highest BCUT2D eigenvalue weighted by molar-refractivity contribution is 8.14. The molecular weight excluding hydrogens is 248 g/mol. The Morgan fingerprint density at radius 1 is 1.28 bits per heavy atom. The average Bonchev–Trinajstić information content (AvgIpc) is 2.36. The summed E-state index contributed by atoms with van der Waals surface area (Å²) < 4.78 is 4.89. The lowest BCUT2D eigenvalue weighted by molar-refractivity contribution is -0.146. The molecule has 1 aromatic carbocycles. The molecule has 3 nitrogen and oxygen atoms in total. The van der Waals surface area contributed by atoms with E-state index in [-0.39, 0.29) is 17.0 Å².